The normalized spacial score (nSPS) is 20.7. The predicted octanol–water partition coefficient (Wildman–Crippen LogP) is 3.58. The lowest BCUT2D eigenvalue weighted by Gasteiger charge is -2.26. The Kier molecular flexibility index (Phi) is 8.44. The van der Waals surface area contributed by atoms with Gasteiger partial charge in [-0.25, -0.2) is 8.42 Å². The van der Waals surface area contributed by atoms with Crippen LogP contribution in [0.3, 0.4) is 0 Å². The highest BCUT2D eigenvalue weighted by Gasteiger charge is 2.38. The summed E-state index contributed by atoms with van der Waals surface area (Å²) < 4.78 is 29.7. The maximum atomic E-state index is 13.4. The third-order valence-corrected chi connectivity index (χ3v) is 9.78. The van der Waals surface area contributed by atoms with Crippen LogP contribution in [0, 0.1) is 5.92 Å². The zero-order chi connectivity index (χ0) is 27.4. The Bertz CT molecular complexity index is 1380. The highest BCUT2D eigenvalue weighted by Crippen LogP contribution is 2.26. The molecule has 5 rings (SSSR count). The molecule has 2 aromatic carbocycles. The van der Waals surface area contributed by atoms with Crippen LogP contribution in [-0.4, -0.2) is 62.0 Å². The highest BCUT2D eigenvalue weighted by atomic mass is 32.2. The second kappa shape index (κ2) is 12.0. The van der Waals surface area contributed by atoms with Gasteiger partial charge in [0, 0.05) is 19.6 Å². The fourth-order valence-corrected chi connectivity index (χ4v) is 7.24. The van der Waals surface area contributed by atoms with Crippen molar-refractivity contribution in [2.45, 2.75) is 71.3 Å². The lowest BCUT2D eigenvalue weighted by Crippen LogP contribution is -2.45. The molecule has 1 N–H and O–H groups in total. The molecule has 2 aliphatic rings. The van der Waals surface area contributed by atoms with Gasteiger partial charge >= 0.3 is 0 Å². The van der Waals surface area contributed by atoms with Gasteiger partial charge < -0.3 is 10.0 Å². The second-order valence-electron chi connectivity index (χ2n) is 10.8. The van der Waals surface area contributed by atoms with Gasteiger partial charge in [0.1, 0.15) is 11.7 Å². The van der Waals surface area contributed by atoms with Gasteiger partial charge in [0.2, 0.25) is 15.9 Å². The maximum Gasteiger partial charge on any atom is 0.241 e. The van der Waals surface area contributed by atoms with Gasteiger partial charge in [-0.2, -0.15) is 4.31 Å². The average Bonchev–Trinajstić information content (AvgIpc) is 3.37. The number of hydrogen-bond donors (Lipinski definition) is 1. The number of nitrogens with zero attached hydrogens (tertiary/aromatic N) is 5. The minimum absolute atomic E-state index is 0.0272. The summed E-state index contributed by atoms with van der Waals surface area (Å²) >= 11 is 0. The summed E-state index contributed by atoms with van der Waals surface area (Å²) in [6, 6.07) is 14.5. The minimum Gasteiger partial charge on any atom is -0.392 e. The Hall–Kier alpha value is -3.08. The lowest BCUT2D eigenvalue weighted by molar-refractivity contribution is -0.134. The molecule has 9 nitrogen and oxygen atoms in total. The van der Waals surface area contributed by atoms with Crippen LogP contribution in [0.15, 0.2) is 54.7 Å². The van der Waals surface area contributed by atoms with Crippen LogP contribution in [0.4, 0.5) is 0 Å². The molecule has 1 aliphatic heterocycles. The number of rotatable bonds is 8. The van der Waals surface area contributed by atoms with E-state index in [1.807, 2.05) is 59.4 Å². The number of hydrogen-bond acceptors (Lipinski definition) is 6. The first-order valence-corrected chi connectivity index (χ1v) is 15.4. The summed E-state index contributed by atoms with van der Waals surface area (Å²) in [5.41, 5.74) is 4.26. The Morgan fingerprint density at radius 3 is 2.49 bits per heavy atom. The summed E-state index contributed by atoms with van der Waals surface area (Å²) in [4.78, 5) is 15.0. The van der Waals surface area contributed by atoms with Crippen molar-refractivity contribution in [3.63, 3.8) is 0 Å². The van der Waals surface area contributed by atoms with Crippen LogP contribution in [0.1, 0.15) is 55.8 Å². The highest BCUT2D eigenvalue weighted by molar-refractivity contribution is 7.89. The van der Waals surface area contributed by atoms with Gasteiger partial charge in [-0.15, -0.1) is 5.10 Å². The quantitative estimate of drug-likeness (QED) is 0.459. The van der Waals surface area contributed by atoms with E-state index >= 15 is 0 Å². The minimum atomic E-state index is -3.65. The molecule has 1 unspecified atom stereocenters. The number of aromatic nitrogens is 3. The monoisotopic (exact) mass is 551 g/mol. The van der Waals surface area contributed by atoms with E-state index in [1.54, 1.807) is 11.8 Å². The molecule has 1 amide bonds. The molecule has 10 heteroatoms. The van der Waals surface area contributed by atoms with Crippen molar-refractivity contribution in [1.29, 1.82) is 0 Å². The van der Waals surface area contributed by atoms with Crippen molar-refractivity contribution in [1.82, 2.24) is 24.2 Å². The Labute approximate surface area is 230 Å². The van der Waals surface area contributed by atoms with Gasteiger partial charge in [-0.3, -0.25) is 9.48 Å². The molecule has 0 radical (unpaired) electrons. The van der Waals surface area contributed by atoms with Crippen LogP contribution in [0.2, 0.25) is 0 Å². The van der Waals surface area contributed by atoms with Crippen LogP contribution < -0.4 is 0 Å². The first-order valence-electron chi connectivity index (χ1n) is 13.8. The van der Waals surface area contributed by atoms with Gasteiger partial charge in [-0.1, -0.05) is 66.9 Å². The van der Waals surface area contributed by atoms with Gasteiger partial charge in [0.15, 0.2) is 0 Å². The third-order valence-electron chi connectivity index (χ3n) is 7.92. The van der Waals surface area contributed by atoms with E-state index in [4.69, 9.17) is 0 Å². The first-order chi connectivity index (χ1) is 18.8. The molecule has 3 aromatic rings. The van der Waals surface area contributed by atoms with Crippen LogP contribution >= 0.6 is 0 Å². The summed E-state index contributed by atoms with van der Waals surface area (Å²) in [7, 11) is -3.65. The molecule has 2 heterocycles. The number of carbonyl (C=O) groups excluding carboxylic acids is 1. The number of carbonyl (C=O) groups is 1. The lowest BCUT2D eigenvalue weighted by atomic mass is 9.89. The van der Waals surface area contributed by atoms with E-state index < -0.39 is 16.1 Å². The topological polar surface area (TPSA) is 109 Å². The number of benzene rings is 2. The Morgan fingerprint density at radius 1 is 0.974 bits per heavy atom. The predicted molar refractivity (Wildman–Crippen MR) is 149 cm³/mol. The summed E-state index contributed by atoms with van der Waals surface area (Å²) in [6.07, 6.45) is 8.15. The van der Waals surface area contributed by atoms with Crippen molar-refractivity contribution in [3.05, 3.63) is 71.5 Å². The van der Waals surface area contributed by atoms with E-state index in [0.29, 0.717) is 11.6 Å². The molecule has 0 bridgehead atoms. The van der Waals surface area contributed by atoms with Crippen molar-refractivity contribution in [2.24, 2.45) is 5.92 Å². The Balaban J connectivity index is 1.25. The standard InChI is InChI=1S/C29H37N5O4S/c1-22-29(36)32(19-28-20-33(31-30-28)17-23-6-3-2-4-7-23)14-15-39(37,38)34(22)18-24-10-12-26(13-11-24)27-9-5-8-25(16-27)21-35/h5,8-13,16,20,22-23,35H,2-4,6-7,14-15,17-19,21H2,1H3. The molecule has 1 saturated carbocycles. The molecule has 208 valence electrons. The number of sulfonamides is 1. The summed E-state index contributed by atoms with van der Waals surface area (Å²) in [5, 5.41) is 18.0. The third kappa shape index (κ3) is 6.57. The molecule has 1 atom stereocenters. The molecule has 2 fully saturated rings. The van der Waals surface area contributed by atoms with Crippen molar-refractivity contribution in [2.75, 3.05) is 12.3 Å². The molecule has 1 saturated heterocycles. The molecule has 0 spiro atoms. The van der Waals surface area contributed by atoms with E-state index in [1.165, 1.54) is 36.4 Å². The molecule has 1 aliphatic carbocycles. The average molecular weight is 552 g/mol. The zero-order valence-corrected chi connectivity index (χ0v) is 23.3. The van der Waals surface area contributed by atoms with Crippen molar-refractivity contribution in [3.8, 4) is 11.1 Å². The van der Waals surface area contributed by atoms with E-state index in [2.05, 4.69) is 10.3 Å². The molecular weight excluding hydrogens is 514 g/mol. The van der Waals surface area contributed by atoms with Crippen LogP contribution in [-0.2, 0) is 41.1 Å². The van der Waals surface area contributed by atoms with Gasteiger partial charge in [0.25, 0.3) is 0 Å². The smallest absolute Gasteiger partial charge is 0.241 e. The van der Waals surface area contributed by atoms with Crippen LogP contribution in [0.25, 0.3) is 11.1 Å². The maximum absolute atomic E-state index is 13.4. The zero-order valence-electron chi connectivity index (χ0n) is 22.4. The molecule has 39 heavy (non-hydrogen) atoms. The number of aliphatic hydroxyl groups excluding tert-OH is 1. The first kappa shape index (κ1) is 27.5. The SMILES string of the molecule is CC1C(=O)N(Cc2cn(CC3CCCCC3)nn2)CCS(=O)(=O)N1Cc1ccc(-c2cccc(CO)c2)cc1. The summed E-state index contributed by atoms with van der Waals surface area (Å²) in [6.45, 7) is 2.96. The largest absolute Gasteiger partial charge is 0.392 e. The van der Waals surface area contributed by atoms with Gasteiger partial charge in [-0.05, 0) is 54.0 Å². The van der Waals surface area contributed by atoms with Gasteiger partial charge in [0.05, 0.1) is 25.1 Å². The van der Waals surface area contributed by atoms with E-state index in [-0.39, 0.29) is 37.9 Å². The second-order valence-corrected chi connectivity index (χ2v) is 12.8. The summed E-state index contributed by atoms with van der Waals surface area (Å²) in [5.74, 6) is 0.257. The van der Waals surface area contributed by atoms with Crippen LogP contribution in [0.5, 0.6) is 0 Å². The fraction of sp³-hybridized carbons (Fsp3) is 0.483. The molecular formula is C29H37N5O4S. The number of aliphatic hydroxyl groups is 1. The molecule has 1 aromatic heterocycles. The van der Waals surface area contributed by atoms with E-state index in [0.717, 1.165) is 28.8 Å². The van der Waals surface area contributed by atoms with Crippen molar-refractivity contribution < 1.29 is 18.3 Å². The van der Waals surface area contributed by atoms with Crippen molar-refractivity contribution >= 4 is 15.9 Å². The van der Waals surface area contributed by atoms with E-state index in [9.17, 15) is 18.3 Å². The number of amides is 1. The fourth-order valence-electron chi connectivity index (χ4n) is 5.64. The Morgan fingerprint density at radius 2 is 1.74 bits per heavy atom.